The van der Waals surface area contributed by atoms with Crippen LogP contribution in [0.15, 0.2) is 46.9 Å². The zero-order valence-corrected chi connectivity index (χ0v) is 17.5. The summed E-state index contributed by atoms with van der Waals surface area (Å²) in [6, 6.07) is 13.2. The molecule has 0 atom stereocenters. The number of amides is 2. The summed E-state index contributed by atoms with van der Waals surface area (Å²) in [5, 5.41) is 12.6. The Labute approximate surface area is 174 Å². The van der Waals surface area contributed by atoms with Crippen molar-refractivity contribution in [1.82, 2.24) is 10.2 Å². The Hall–Kier alpha value is -2.58. The van der Waals surface area contributed by atoms with Crippen LogP contribution in [0.3, 0.4) is 0 Å². The molecule has 28 heavy (non-hydrogen) atoms. The van der Waals surface area contributed by atoms with Gasteiger partial charge in [0.15, 0.2) is 0 Å². The highest BCUT2D eigenvalue weighted by Gasteiger charge is 2.20. The predicted molar refractivity (Wildman–Crippen MR) is 114 cm³/mol. The smallest absolute Gasteiger partial charge is 0.259 e. The average molecular weight is 457 g/mol. The number of hydrogen-bond donors (Lipinski definition) is 1. The van der Waals surface area contributed by atoms with Gasteiger partial charge < -0.3 is 5.32 Å². The predicted octanol–water partition coefficient (Wildman–Crippen LogP) is 4.52. The van der Waals surface area contributed by atoms with Crippen LogP contribution < -0.4 is 10.2 Å². The third-order valence-electron chi connectivity index (χ3n) is 4.57. The molecule has 0 radical (unpaired) electrons. The Morgan fingerprint density at radius 1 is 1.14 bits per heavy atom. The maximum absolute atomic E-state index is 12.9. The quantitative estimate of drug-likeness (QED) is 0.628. The van der Waals surface area contributed by atoms with Gasteiger partial charge in [-0.25, -0.2) is 0 Å². The minimum absolute atomic E-state index is 0.0178. The second-order valence-electron chi connectivity index (χ2n) is 6.53. The molecular formula is C20H17BrN4O2S. The van der Waals surface area contributed by atoms with Crippen LogP contribution in [0.1, 0.15) is 28.8 Å². The summed E-state index contributed by atoms with van der Waals surface area (Å²) in [4.78, 5) is 26.1. The number of nitrogens with one attached hydrogen (secondary N) is 1. The highest BCUT2D eigenvalue weighted by atomic mass is 79.9. The Morgan fingerprint density at radius 2 is 1.93 bits per heavy atom. The molecule has 8 heteroatoms. The second kappa shape index (κ2) is 7.81. The first-order valence-corrected chi connectivity index (χ1v) is 10.4. The summed E-state index contributed by atoms with van der Waals surface area (Å²) in [6.45, 7) is 0. The van der Waals surface area contributed by atoms with Crippen LogP contribution in [0.5, 0.6) is 0 Å². The molecule has 0 bridgehead atoms. The lowest BCUT2D eigenvalue weighted by Crippen LogP contribution is -2.26. The van der Waals surface area contributed by atoms with Crippen LogP contribution in [0, 0.1) is 0 Å². The van der Waals surface area contributed by atoms with Crippen LogP contribution in [0.25, 0.3) is 10.6 Å². The molecule has 1 aromatic heterocycles. The van der Waals surface area contributed by atoms with E-state index in [0.717, 1.165) is 39.1 Å². The standard InChI is InChI=1S/C20H17BrN4O2S/c1-25(20-24-23-18(28-20)12-5-8-15(21)9-6-12)19(27)14-7-10-16-13(11-14)3-2-4-17(26)22-16/h5-11H,2-4H2,1H3,(H,22,26). The molecule has 4 rings (SSSR count). The summed E-state index contributed by atoms with van der Waals surface area (Å²) in [5.74, 6) is -0.138. The molecule has 1 N–H and O–H groups in total. The number of benzene rings is 2. The zero-order valence-electron chi connectivity index (χ0n) is 15.1. The maximum Gasteiger partial charge on any atom is 0.259 e. The summed E-state index contributed by atoms with van der Waals surface area (Å²) in [6.07, 6.45) is 2.05. The van der Waals surface area contributed by atoms with Crippen molar-refractivity contribution >= 4 is 49.9 Å². The van der Waals surface area contributed by atoms with Crippen LogP contribution >= 0.6 is 27.3 Å². The topological polar surface area (TPSA) is 75.2 Å². The SMILES string of the molecule is CN(C(=O)c1ccc2c(c1)CCCC(=O)N2)c1nnc(-c2ccc(Br)cc2)s1. The van der Waals surface area contributed by atoms with E-state index in [-0.39, 0.29) is 11.8 Å². The van der Waals surface area contributed by atoms with Gasteiger partial charge in [0.05, 0.1) is 0 Å². The van der Waals surface area contributed by atoms with Crippen molar-refractivity contribution in [1.29, 1.82) is 0 Å². The number of nitrogens with zero attached hydrogens (tertiary/aromatic N) is 3. The summed E-state index contributed by atoms with van der Waals surface area (Å²) < 4.78 is 0.993. The van der Waals surface area contributed by atoms with E-state index in [0.29, 0.717) is 17.1 Å². The summed E-state index contributed by atoms with van der Waals surface area (Å²) >= 11 is 4.78. The Morgan fingerprint density at radius 3 is 2.71 bits per heavy atom. The first-order valence-electron chi connectivity index (χ1n) is 8.81. The Balaban J connectivity index is 1.56. The first kappa shape index (κ1) is 18.8. The highest BCUT2D eigenvalue weighted by Crippen LogP contribution is 2.30. The van der Waals surface area contributed by atoms with Crippen molar-refractivity contribution in [2.24, 2.45) is 0 Å². The van der Waals surface area contributed by atoms with Crippen molar-refractivity contribution in [3.8, 4) is 10.6 Å². The van der Waals surface area contributed by atoms with E-state index < -0.39 is 0 Å². The number of aromatic nitrogens is 2. The zero-order chi connectivity index (χ0) is 19.7. The number of hydrogen-bond acceptors (Lipinski definition) is 5. The molecule has 2 heterocycles. The van der Waals surface area contributed by atoms with Gasteiger partial charge in [-0.3, -0.25) is 14.5 Å². The molecule has 1 aliphatic heterocycles. The van der Waals surface area contributed by atoms with Gasteiger partial charge in [-0.05, 0) is 48.7 Å². The van der Waals surface area contributed by atoms with Gasteiger partial charge in [0.1, 0.15) is 5.01 Å². The van der Waals surface area contributed by atoms with E-state index in [1.807, 2.05) is 30.3 Å². The van der Waals surface area contributed by atoms with E-state index in [9.17, 15) is 9.59 Å². The monoisotopic (exact) mass is 456 g/mol. The van der Waals surface area contributed by atoms with Crippen molar-refractivity contribution in [3.05, 3.63) is 58.1 Å². The molecule has 6 nitrogen and oxygen atoms in total. The molecule has 142 valence electrons. The summed E-state index contributed by atoms with van der Waals surface area (Å²) in [5.41, 5.74) is 3.29. The number of rotatable bonds is 3. The van der Waals surface area contributed by atoms with E-state index in [4.69, 9.17) is 0 Å². The van der Waals surface area contributed by atoms with Crippen molar-refractivity contribution in [2.75, 3.05) is 17.3 Å². The van der Waals surface area contributed by atoms with Gasteiger partial charge in [0, 0.05) is 34.8 Å². The molecule has 0 spiro atoms. The number of carbonyl (C=O) groups is 2. The van der Waals surface area contributed by atoms with Gasteiger partial charge in [-0.15, -0.1) is 10.2 Å². The van der Waals surface area contributed by atoms with Gasteiger partial charge in [-0.1, -0.05) is 39.4 Å². The minimum atomic E-state index is -0.156. The lowest BCUT2D eigenvalue weighted by molar-refractivity contribution is -0.116. The van der Waals surface area contributed by atoms with E-state index in [2.05, 4.69) is 31.4 Å². The largest absolute Gasteiger partial charge is 0.326 e. The average Bonchev–Trinajstić information content (AvgIpc) is 3.11. The molecular weight excluding hydrogens is 440 g/mol. The minimum Gasteiger partial charge on any atom is -0.326 e. The lowest BCUT2D eigenvalue weighted by atomic mass is 10.0. The lowest BCUT2D eigenvalue weighted by Gasteiger charge is -2.15. The Bertz CT molecular complexity index is 1050. The van der Waals surface area contributed by atoms with Crippen molar-refractivity contribution in [2.45, 2.75) is 19.3 Å². The molecule has 3 aromatic rings. The second-order valence-corrected chi connectivity index (χ2v) is 8.41. The normalized spacial score (nSPS) is 13.4. The van der Waals surface area contributed by atoms with Crippen LogP contribution in [-0.4, -0.2) is 29.1 Å². The van der Waals surface area contributed by atoms with Gasteiger partial charge in [-0.2, -0.15) is 0 Å². The van der Waals surface area contributed by atoms with Gasteiger partial charge in [0.2, 0.25) is 11.0 Å². The molecule has 0 saturated carbocycles. The number of halogens is 1. The third-order valence-corrected chi connectivity index (χ3v) is 6.15. The number of aryl methyl sites for hydroxylation is 1. The fraction of sp³-hybridized carbons (Fsp3) is 0.200. The summed E-state index contributed by atoms with van der Waals surface area (Å²) in [7, 11) is 1.70. The van der Waals surface area contributed by atoms with E-state index in [1.54, 1.807) is 19.2 Å². The number of carbonyl (C=O) groups excluding carboxylic acids is 2. The van der Waals surface area contributed by atoms with E-state index in [1.165, 1.54) is 16.2 Å². The number of anilines is 2. The first-order chi connectivity index (χ1) is 13.5. The van der Waals surface area contributed by atoms with Crippen LogP contribution in [0.2, 0.25) is 0 Å². The molecule has 0 unspecified atom stereocenters. The van der Waals surface area contributed by atoms with Crippen molar-refractivity contribution in [3.63, 3.8) is 0 Å². The molecule has 2 aromatic carbocycles. The van der Waals surface area contributed by atoms with E-state index >= 15 is 0 Å². The fourth-order valence-corrected chi connectivity index (χ4v) is 4.12. The highest BCUT2D eigenvalue weighted by molar-refractivity contribution is 9.10. The maximum atomic E-state index is 12.9. The third kappa shape index (κ3) is 3.83. The fourth-order valence-electron chi connectivity index (χ4n) is 3.05. The number of fused-ring (bicyclic) bond motifs is 1. The molecule has 0 fully saturated rings. The van der Waals surface area contributed by atoms with Crippen LogP contribution in [0.4, 0.5) is 10.8 Å². The van der Waals surface area contributed by atoms with Crippen LogP contribution in [-0.2, 0) is 11.2 Å². The Kier molecular flexibility index (Phi) is 5.23. The van der Waals surface area contributed by atoms with Crippen molar-refractivity contribution < 1.29 is 9.59 Å². The molecule has 0 saturated heterocycles. The molecule has 2 amide bonds. The molecule has 0 aliphatic carbocycles. The molecule has 1 aliphatic rings. The van der Waals surface area contributed by atoms with Gasteiger partial charge in [0.25, 0.3) is 5.91 Å². The van der Waals surface area contributed by atoms with Gasteiger partial charge >= 0.3 is 0 Å².